The molecule has 25 heavy (non-hydrogen) atoms. The molecule has 0 saturated heterocycles. The van der Waals surface area contributed by atoms with Gasteiger partial charge in [0, 0.05) is 16.9 Å². The van der Waals surface area contributed by atoms with Gasteiger partial charge >= 0.3 is 6.03 Å². The molecule has 0 aliphatic rings. The highest BCUT2D eigenvalue weighted by atomic mass is 16.3. The van der Waals surface area contributed by atoms with Gasteiger partial charge in [-0.25, -0.2) is 4.79 Å². The van der Waals surface area contributed by atoms with Gasteiger partial charge in [0.2, 0.25) is 0 Å². The first-order valence-corrected chi connectivity index (χ1v) is 7.74. The van der Waals surface area contributed by atoms with E-state index in [0.29, 0.717) is 29.2 Å². The van der Waals surface area contributed by atoms with Crippen molar-refractivity contribution in [2.45, 2.75) is 6.54 Å². The van der Waals surface area contributed by atoms with Crippen molar-refractivity contribution in [1.82, 2.24) is 5.32 Å². The first kappa shape index (κ1) is 16.3. The van der Waals surface area contributed by atoms with Crippen LogP contribution in [0, 0.1) is 0 Å². The van der Waals surface area contributed by atoms with Crippen LogP contribution in [0.5, 0.6) is 0 Å². The molecule has 0 unspecified atom stereocenters. The number of carbonyl (C=O) groups excluding carboxylic acids is 2. The van der Waals surface area contributed by atoms with Crippen LogP contribution in [-0.4, -0.2) is 11.9 Å². The van der Waals surface area contributed by atoms with Gasteiger partial charge in [-0.15, -0.1) is 0 Å². The average molecular weight is 335 g/mol. The molecule has 0 spiro atoms. The van der Waals surface area contributed by atoms with Crippen molar-refractivity contribution in [3.05, 3.63) is 84.3 Å². The molecule has 0 aliphatic carbocycles. The average Bonchev–Trinajstić information content (AvgIpc) is 3.16. The zero-order chi connectivity index (χ0) is 17.5. The standard InChI is InChI=1S/C19H17N3O3/c23-18(14-5-2-1-3-6-14)21-15-8-10-16(11-9-15)22-19(24)20-13-17-7-4-12-25-17/h1-12H,13H2,(H,21,23)(H2,20,22,24). The number of nitrogens with one attached hydrogen (secondary N) is 3. The highest BCUT2D eigenvalue weighted by Gasteiger charge is 2.06. The monoisotopic (exact) mass is 335 g/mol. The molecule has 3 rings (SSSR count). The fourth-order valence-corrected chi connectivity index (χ4v) is 2.19. The van der Waals surface area contributed by atoms with Crippen molar-refractivity contribution in [3.8, 4) is 0 Å². The van der Waals surface area contributed by atoms with E-state index in [4.69, 9.17) is 4.42 Å². The maximum Gasteiger partial charge on any atom is 0.319 e. The maximum atomic E-state index is 12.1. The SMILES string of the molecule is O=C(NCc1ccco1)Nc1ccc(NC(=O)c2ccccc2)cc1. The Morgan fingerprint density at radius 3 is 2.12 bits per heavy atom. The lowest BCUT2D eigenvalue weighted by molar-refractivity contribution is 0.102. The van der Waals surface area contributed by atoms with Gasteiger partial charge in [0.1, 0.15) is 5.76 Å². The quantitative estimate of drug-likeness (QED) is 0.662. The summed E-state index contributed by atoms with van der Waals surface area (Å²) in [6.07, 6.45) is 1.55. The third-order valence-corrected chi connectivity index (χ3v) is 3.44. The van der Waals surface area contributed by atoms with E-state index in [-0.39, 0.29) is 11.9 Å². The summed E-state index contributed by atoms with van der Waals surface area (Å²) in [5.41, 5.74) is 1.85. The van der Waals surface area contributed by atoms with Gasteiger partial charge in [0.25, 0.3) is 5.91 Å². The van der Waals surface area contributed by atoms with Crippen molar-refractivity contribution >= 4 is 23.3 Å². The molecule has 3 amide bonds. The second-order valence-corrected chi connectivity index (χ2v) is 5.28. The minimum Gasteiger partial charge on any atom is -0.467 e. The highest BCUT2D eigenvalue weighted by molar-refractivity contribution is 6.04. The van der Waals surface area contributed by atoms with Crippen LogP contribution in [0.1, 0.15) is 16.1 Å². The number of urea groups is 1. The molecule has 1 heterocycles. The van der Waals surface area contributed by atoms with E-state index in [1.165, 1.54) is 0 Å². The Hall–Kier alpha value is -3.54. The van der Waals surface area contributed by atoms with Gasteiger partial charge < -0.3 is 20.4 Å². The van der Waals surface area contributed by atoms with E-state index in [1.807, 2.05) is 18.2 Å². The second-order valence-electron chi connectivity index (χ2n) is 5.28. The third-order valence-electron chi connectivity index (χ3n) is 3.44. The lowest BCUT2D eigenvalue weighted by Crippen LogP contribution is -2.27. The largest absolute Gasteiger partial charge is 0.467 e. The van der Waals surface area contributed by atoms with E-state index in [0.717, 1.165) is 0 Å². The predicted octanol–water partition coefficient (Wildman–Crippen LogP) is 3.85. The molecule has 0 radical (unpaired) electrons. The summed E-state index contributed by atoms with van der Waals surface area (Å²) in [4.78, 5) is 23.9. The van der Waals surface area contributed by atoms with Crippen LogP contribution in [0.3, 0.4) is 0 Å². The normalized spacial score (nSPS) is 10.1. The molecule has 3 N–H and O–H groups in total. The van der Waals surface area contributed by atoms with E-state index < -0.39 is 0 Å². The summed E-state index contributed by atoms with van der Waals surface area (Å²) in [6.45, 7) is 0.310. The lowest BCUT2D eigenvalue weighted by Gasteiger charge is -2.08. The fourth-order valence-electron chi connectivity index (χ4n) is 2.19. The van der Waals surface area contributed by atoms with Gasteiger partial charge in [-0.2, -0.15) is 0 Å². The van der Waals surface area contributed by atoms with Crippen LogP contribution >= 0.6 is 0 Å². The summed E-state index contributed by atoms with van der Waals surface area (Å²) >= 11 is 0. The predicted molar refractivity (Wildman–Crippen MR) is 95.4 cm³/mol. The summed E-state index contributed by atoms with van der Waals surface area (Å²) in [5, 5.41) is 8.20. The minimum absolute atomic E-state index is 0.183. The summed E-state index contributed by atoms with van der Waals surface area (Å²) < 4.78 is 5.14. The molecule has 0 fully saturated rings. The summed E-state index contributed by atoms with van der Waals surface area (Å²) in [7, 11) is 0. The van der Waals surface area contributed by atoms with Crippen LogP contribution in [0.4, 0.5) is 16.2 Å². The van der Waals surface area contributed by atoms with Crippen molar-refractivity contribution in [3.63, 3.8) is 0 Å². The Kier molecular flexibility index (Phi) is 5.11. The number of amides is 3. The molecule has 2 aromatic carbocycles. The zero-order valence-electron chi connectivity index (χ0n) is 13.4. The number of benzene rings is 2. The van der Waals surface area contributed by atoms with E-state index in [2.05, 4.69) is 16.0 Å². The molecular formula is C19H17N3O3. The molecule has 1 aromatic heterocycles. The molecule has 0 atom stereocenters. The Morgan fingerprint density at radius 2 is 1.48 bits per heavy atom. The Bertz CT molecular complexity index is 828. The lowest BCUT2D eigenvalue weighted by atomic mass is 10.2. The van der Waals surface area contributed by atoms with Gasteiger partial charge in [0.15, 0.2) is 0 Å². The van der Waals surface area contributed by atoms with Crippen LogP contribution in [-0.2, 0) is 6.54 Å². The third kappa shape index (κ3) is 4.71. The van der Waals surface area contributed by atoms with Gasteiger partial charge in [-0.05, 0) is 48.5 Å². The molecule has 6 nitrogen and oxygen atoms in total. The zero-order valence-corrected chi connectivity index (χ0v) is 13.4. The minimum atomic E-state index is -0.336. The smallest absolute Gasteiger partial charge is 0.319 e. The molecule has 0 aliphatic heterocycles. The first-order chi connectivity index (χ1) is 12.2. The van der Waals surface area contributed by atoms with Crippen molar-refractivity contribution < 1.29 is 14.0 Å². The second kappa shape index (κ2) is 7.83. The van der Waals surface area contributed by atoms with E-state index in [1.54, 1.807) is 54.8 Å². The highest BCUT2D eigenvalue weighted by Crippen LogP contribution is 2.14. The number of hydrogen-bond acceptors (Lipinski definition) is 3. The number of furan rings is 1. The Morgan fingerprint density at radius 1 is 0.800 bits per heavy atom. The van der Waals surface area contributed by atoms with Crippen molar-refractivity contribution in [2.24, 2.45) is 0 Å². The van der Waals surface area contributed by atoms with Crippen molar-refractivity contribution in [2.75, 3.05) is 10.6 Å². The molecule has 6 heteroatoms. The number of rotatable bonds is 5. The van der Waals surface area contributed by atoms with Crippen LogP contribution in [0.2, 0.25) is 0 Å². The fraction of sp³-hybridized carbons (Fsp3) is 0.0526. The van der Waals surface area contributed by atoms with Crippen LogP contribution in [0.15, 0.2) is 77.4 Å². The van der Waals surface area contributed by atoms with Gasteiger partial charge in [0.05, 0.1) is 12.8 Å². The van der Waals surface area contributed by atoms with E-state index >= 15 is 0 Å². The number of hydrogen-bond donors (Lipinski definition) is 3. The molecule has 0 bridgehead atoms. The van der Waals surface area contributed by atoms with Gasteiger partial charge in [-0.3, -0.25) is 4.79 Å². The molecular weight excluding hydrogens is 318 g/mol. The molecule has 126 valence electrons. The number of anilines is 2. The number of carbonyl (C=O) groups is 2. The molecule has 0 saturated carbocycles. The topological polar surface area (TPSA) is 83.4 Å². The Balaban J connectivity index is 1.51. The summed E-state index contributed by atoms with van der Waals surface area (Å²) in [5.74, 6) is 0.492. The van der Waals surface area contributed by atoms with E-state index in [9.17, 15) is 9.59 Å². The molecule has 3 aromatic rings. The van der Waals surface area contributed by atoms with Crippen LogP contribution < -0.4 is 16.0 Å². The summed E-state index contributed by atoms with van der Waals surface area (Å²) in [6, 6.07) is 19.1. The van der Waals surface area contributed by atoms with Crippen LogP contribution in [0.25, 0.3) is 0 Å². The van der Waals surface area contributed by atoms with Gasteiger partial charge in [-0.1, -0.05) is 18.2 Å². The Labute approximate surface area is 144 Å². The first-order valence-electron chi connectivity index (χ1n) is 7.74. The van der Waals surface area contributed by atoms with Crippen molar-refractivity contribution in [1.29, 1.82) is 0 Å². The maximum absolute atomic E-state index is 12.1.